The van der Waals surface area contributed by atoms with Crippen LogP contribution in [-0.2, 0) is 4.79 Å². The predicted molar refractivity (Wildman–Crippen MR) is 50.8 cm³/mol. The lowest BCUT2D eigenvalue weighted by Crippen LogP contribution is -2.42. The van der Waals surface area contributed by atoms with Gasteiger partial charge in [0.25, 0.3) is 0 Å². The number of nitrogens with two attached hydrogens (primary N) is 1. The molecule has 76 valence electrons. The Labute approximate surface area is 81.5 Å². The minimum atomic E-state index is -0.239. The highest BCUT2D eigenvalue weighted by Gasteiger charge is 2.39. The van der Waals surface area contributed by atoms with Gasteiger partial charge < -0.3 is 5.73 Å². The Balaban J connectivity index is 2.05. The molecule has 6 heteroatoms. The summed E-state index contributed by atoms with van der Waals surface area (Å²) in [6.45, 7) is 1.95. The summed E-state index contributed by atoms with van der Waals surface area (Å²) >= 11 is 0. The molecule has 2 rings (SSSR count). The number of nitrogens with zero attached hydrogens (tertiary/aromatic N) is 3. The molecule has 1 heterocycles. The molecule has 0 bridgehead atoms. The smallest absolute Gasteiger partial charge is 0.244 e. The van der Waals surface area contributed by atoms with E-state index >= 15 is 0 Å². The van der Waals surface area contributed by atoms with Crippen molar-refractivity contribution in [1.29, 1.82) is 0 Å². The third-order valence-electron chi connectivity index (χ3n) is 2.80. The van der Waals surface area contributed by atoms with Gasteiger partial charge in [-0.05, 0) is 12.8 Å². The van der Waals surface area contributed by atoms with Crippen molar-refractivity contribution in [2.24, 2.45) is 5.41 Å². The van der Waals surface area contributed by atoms with E-state index in [0.717, 1.165) is 19.3 Å². The first kappa shape index (κ1) is 8.98. The number of carbonyl (C=O) groups is 1. The highest BCUT2D eigenvalue weighted by molar-refractivity contribution is 5.90. The maximum absolute atomic E-state index is 11.7. The van der Waals surface area contributed by atoms with Crippen LogP contribution >= 0.6 is 0 Å². The first-order valence-corrected chi connectivity index (χ1v) is 4.59. The molecule has 6 nitrogen and oxygen atoms in total. The van der Waals surface area contributed by atoms with E-state index in [0.29, 0.717) is 0 Å². The Bertz CT molecular complexity index is 354. The fraction of sp³-hybridized carbons (Fsp3) is 0.625. The van der Waals surface area contributed by atoms with Crippen LogP contribution in [0.15, 0.2) is 6.33 Å². The number of nitrogens with one attached hydrogen (secondary N) is 1. The van der Waals surface area contributed by atoms with E-state index in [1.807, 2.05) is 6.92 Å². The largest absolute Gasteiger partial charge is 0.366 e. The van der Waals surface area contributed by atoms with Crippen molar-refractivity contribution in [3.8, 4) is 0 Å². The molecule has 1 saturated carbocycles. The quantitative estimate of drug-likeness (QED) is 0.701. The van der Waals surface area contributed by atoms with E-state index in [9.17, 15) is 4.79 Å². The van der Waals surface area contributed by atoms with E-state index < -0.39 is 0 Å². The zero-order valence-corrected chi connectivity index (χ0v) is 8.03. The van der Waals surface area contributed by atoms with Crippen LogP contribution in [0, 0.1) is 5.41 Å². The van der Waals surface area contributed by atoms with Crippen molar-refractivity contribution < 1.29 is 4.79 Å². The Morgan fingerprint density at radius 3 is 2.86 bits per heavy atom. The first-order valence-electron chi connectivity index (χ1n) is 4.59. The fourth-order valence-corrected chi connectivity index (χ4v) is 1.51. The van der Waals surface area contributed by atoms with Crippen molar-refractivity contribution in [1.82, 2.24) is 14.9 Å². The second kappa shape index (κ2) is 2.97. The van der Waals surface area contributed by atoms with E-state index in [1.54, 1.807) is 0 Å². The monoisotopic (exact) mass is 195 g/mol. The lowest BCUT2D eigenvalue weighted by Gasteiger charge is -2.36. The number of hydrogen-bond acceptors (Lipinski definition) is 4. The molecule has 0 spiro atoms. The molecule has 1 aromatic heterocycles. The molecule has 0 aromatic carbocycles. The second-order valence-electron chi connectivity index (χ2n) is 3.91. The fourth-order valence-electron chi connectivity index (χ4n) is 1.51. The Morgan fingerprint density at radius 1 is 1.71 bits per heavy atom. The molecular formula is C8H13N5O. The van der Waals surface area contributed by atoms with Gasteiger partial charge in [-0.2, -0.15) is 0 Å². The van der Waals surface area contributed by atoms with E-state index in [4.69, 9.17) is 5.73 Å². The Kier molecular flexibility index (Phi) is 1.90. The normalized spacial score (nSPS) is 18.6. The van der Waals surface area contributed by atoms with Gasteiger partial charge in [0.05, 0.1) is 0 Å². The van der Waals surface area contributed by atoms with Crippen molar-refractivity contribution in [2.75, 3.05) is 11.2 Å². The van der Waals surface area contributed by atoms with Crippen molar-refractivity contribution >= 4 is 11.9 Å². The van der Waals surface area contributed by atoms with Crippen LogP contribution < -0.4 is 11.2 Å². The number of hydrogen-bond donors (Lipinski definition) is 2. The van der Waals surface area contributed by atoms with Gasteiger partial charge in [0.1, 0.15) is 6.33 Å². The second-order valence-corrected chi connectivity index (χ2v) is 3.91. The van der Waals surface area contributed by atoms with Crippen molar-refractivity contribution in [2.45, 2.75) is 26.2 Å². The zero-order valence-electron chi connectivity index (χ0n) is 8.03. The molecule has 1 fully saturated rings. The van der Waals surface area contributed by atoms with Crippen LogP contribution in [0.2, 0.25) is 0 Å². The van der Waals surface area contributed by atoms with Gasteiger partial charge in [-0.25, -0.2) is 4.68 Å². The maximum Gasteiger partial charge on any atom is 0.244 e. The Hall–Kier alpha value is -1.59. The average Bonchev–Trinajstić information content (AvgIpc) is 2.48. The molecule has 3 N–H and O–H groups in total. The van der Waals surface area contributed by atoms with E-state index in [1.165, 1.54) is 11.0 Å². The SMILES string of the molecule is CC1(C(=O)Nn2cnnc2N)CCC1. The highest BCUT2D eigenvalue weighted by Crippen LogP contribution is 2.40. The summed E-state index contributed by atoms with van der Waals surface area (Å²) < 4.78 is 1.34. The molecule has 0 unspecified atom stereocenters. The first-order chi connectivity index (χ1) is 6.62. The minimum absolute atomic E-state index is 0.0183. The Morgan fingerprint density at radius 2 is 2.43 bits per heavy atom. The lowest BCUT2D eigenvalue weighted by atomic mass is 9.70. The summed E-state index contributed by atoms with van der Waals surface area (Å²) in [4.78, 5) is 11.7. The van der Waals surface area contributed by atoms with Gasteiger partial charge >= 0.3 is 0 Å². The van der Waals surface area contributed by atoms with Crippen LogP contribution in [0.4, 0.5) is 5.95 Å². The summed E-state index contributed by atoms with van der Waals surface area (Å²) in [5.74, 6) is 0.177. The van der Waals surface area contributed by atoms with Gasteiger partial charge in [0.2, 0.25) is 11.9 Å². The number of anilines is 1. The minimum Gasteiger partial charge on any atom is -0.366 e. The number of aromatic nitrogens is 3. The summed E-state index contributed by atoms with van der Waals surface area (Å²) in [6, 6.07) is 0. The molecule has 0 aliphatic heterocycles. The predicted octanol–water partition coefficient (Wildman–Crippen LogP) is 0.121. The van der Waals surface area contributed by atoms with Gasteiger partial charge in [-0.15, -0.1) is 10.2 Å². The number of nitrogen functional groups attached to an aromatic ring is 1. The maximum atomic E-state index is 11.7. The van der Waals surface area contributed by atoms with E-state index in [-0.39, 0.29) is 17.3 Å². The molecule has 1 aromatic rings. The molecule has 14 heavy (non-hydrogen) atoms. The molecular weight excluding hydrogens is 182 g/mol. The molecule has 0 atom stereocenters. The summed E-state index contributed by atoms with van der Waals surface area (Å²) in [5, 5.41) is 7.15. The lowest BCUT2D eigenvalue weighted by molar-refractivity contribution is -0.129. The molecule has 0 radical (unpaired) electrons. The topological polar surface area (TPSA) is 85.8 Å². The van der Waals surface area contributed by atoms with Gasteiger partial charge in [-0.1, -0.05) is 13.3 Å². The molecule has 1 amide bonds. The third kappa shape index (κ3) is 1.32. The summed E-state index contributed by atoms with van der Waals surface area (Å²) in [7, 11) is 0. The van der Waals surface area contributed by atoms with Crippen LogP contribution in [-0.4, -0.2) is 20.8 Å². The van der Waals surface area contributed by atoms with E-state index in [2.05, 4.69) is 15.6 Å². The number of amides is 1. The highest BCUT2D eigenvalue weighted by atomic mass is 16.2. The van der Waals surface area contributed by atoms with Gasteiger partial charge in [-0.3, -0.25) is 10.2 Å². The van der Waals surface area contributed by atoms with Crippen molar-refractivity contribution in [3.05, 3.63) is 6.33 Å². The molecule has 1 aliphatic carbocycles. The number of carbonyl (C=O) groups excluding carboxylic acids is 1. The van der Waals surface area contributed by atoms with Gasteiger partial charge in [0, 0.05) is 5.41 Å². The standard InChI is InChI=1S/C8H13N5O/c1-8(3-2-4-8)6(14)12-13-5-10-11-7(13)9/h5H,2-4H2,1H3,(H2,9,11)(H,12,14). The zero-order chi connectivity index (χ0) is 10.2. The average molecular weight is 195 g/mol. The number of rotatable bonds is 2. The van der Waals surface area contributed by atoms with Crippen LogP contribution in [0.25, 0.3) is 0 Å². The summed E-state index contributed by atoms with van der Waals surface area (Å²) in [6.07, 6.45) is 4.36. The summed E-state index contributed by atoms with van der Waals surface area (Å²) in [5.41, 5.74) is 7.89. The van der Waals surface area contributed by atoms with Crippen molar-refractivity contribution in [3.63, 3.8) is 0 Å². The third-order valence-corrected chi connectivity index (χ3v) is 2.80. The van der Waals surface area contributed by atoms with Gasteiger partial charge in [0.15, 0.2) is 0 Å². The van der Waals surface area contributed by atoms with Crippen LogP contribution in [0.3, 0.4) is 0 Å². The molecule has 0 saturated heterocycles. The van der Waals surface area contributed by atoms with Crippen LogP contribution in [0.5, 0.6) is 0 Å². The van der Waals surface area contributed by atoms with Crippen LogP contribution in [0.1, 0.15) is 26.2 Å². The molecule has 1 aliphatic rings.